The van der Waals surface area contributed by atoms with E-state index in [0.29, 0.717) is 13.0 Å². The van der Waals surface area contributed by atoms with Gasteiger partial charge in [-0.25, -0.2) is 0 Å². The van der Waals surface area contributed by atoms with Crippen LogP contribution >= 0.6 is 0 Å². The van der Waals surface area contributed by atoms with Gasteiger partial charge < -0.3 is 9.84 Å². The summed E-state index contributed by atoms with van der Waals surface area (Å²) in [5.41, 5.74) is 1.00. The molecule has 1 aromatic rings. The maximum absolute atomic E-state index is 12.1. The molecule has 1 saturated carbocycles. The molecule has 3 unspecified atom stereocenters. The third-order valence-corrected chi connectivity index (χ3v) is 4.20. The number of rotatable bonds is 2. The van der Waals surface area contributed by atoms with Crippen molar-refractivity contribution in [3.8, 4) is 0 Å². The predicted octanol–water partition coefficient (Wildman–Crippen LogP) is 2.23. The van der Waals surface area contributed by atoms with E-state index in [1.807, 2.05) is 30.3 Å². The van der Waals surface area contributed by atoms with Crippen molar-refractivity contribution < 1.29 is 14.6 Å². The molecule has 2 aliphatic rings. The molecule has 2 fully saturated rings. The summed E-state index contributed by atoms with van der Waals surface area (Å²) in [7, 11) is 0. The minimum atomic E-state index is -0.807. The molecule has 1 saturated heterocycles. The fourth-order valence-corrected chi connectivity index (χ4v) is 3.28. The van der Waals surface area contributed by atoms with Crippen molar-refractivity contribution in [1.29, 1.82) is 0 Å². The standard InChI is InChI=1S/C15H16O3/c1-10-7-12-9-18-14(17)15(12,8-10)13(16)11-5-3-2-4-6-11/h2-6,12-13,16H,1,7-9H2. The van der Waals surface area contributed by atoms with E-state index < -0.39 is 11.5 Å². The molecular weight excluding hydrogens is 228 g/mol. The smallest absolute Gasteiger partial charge is 0.315 e. The molecule has 3 rings (SSSR count). The predicted molar refractivity (Wildman–Crippen MR) is 66.7 cm³/mol. The summed E-state index contributed by atoms with van der Waals surface area (Å²) in [5.74, 6) is -0.213. The lowest BCUT2D eigenvalue weighted by molar-refractivity contribution is -0.152. The fraction of sp³-hybridized carbons (Fsp3) is 0.400. The van der Waals surface area contributed by atoms with Gasteiger partial charge in [0.15, 0.2) is 0 Å². The van der Waals surface area contributed by atoms with Crippen LogP contribution in [0.15, 0.2) is 42.5 Å². The van der Waals surface area contributed by atoms with Gasteiger partial charge in [-0.05, 0) is 18.4 Å². The lowest BCUT2D eigenvalue weighted by Crippen LogP contribution is -2.36. The van der Waals surface area contributed by atoms with Crippen molar-refractivity contribution in [1.82, 2.24) is 0 Å². The summed E-state index contributed by atoms with van der Waals surface area (Å²) in [5, 5.41) is 10.6. The van der Waals surface area contributed by atoms with Gasteiger partial charge in [-0.2, -0.15) is 0 Å². The molecule has 3 atom stereocenters. The third kappa shape index (κ3) is 1.44. The highest BCUT2D eigenvalue weighted by atomic mass is 16.5. The van der Waals surface area contributed by atoms with E-state index in [-0.39, 0.29) is 11.9 Å². The van der Waals surface area contributed by atoms with Gasteiger partial charge in [0.1, 0.15) is 5.41 Å². The summed E-state index contributed by atoms with van der Waals surface area (Å²) in [6.45, 7) is 4.38. The van der Waals surface area contributed by atoms with E-state index in [1.54, 1.807) is 0 Å². The molecule has 1 aromatic carbocycles. The number of esters is 1. The number of allylic oxidation sites excluding steroid dienone is 1. The Balaban J connectivity index is 2.02. The molecule has 1 N–H and O–H groups in total. The molecule has 1 aliphatic heterocycles. The molecule has 0 radical (unpaired) electrons. The number of aliphatic hydroxyl groups is 1. The van der Waals surface area contributed by atoms with Gasteiger partial charge in [0.2, 0.25) is 0 Å². The molecule has 1 heterocycles. The van der Waals surface area contributed by atoms with Crippen molar-refractivity contribution >= 4 is 5.97 Å². The Hall–Kier alpha value is -1.61. The Morgan fingerprint density at radius 3 is 2.83 bits per heavy atom. The van der Waals surface area contributed by atoms with Gasteiger partial charge in [0, 0.05) is 5.92 Å². The zero-order chi connectivity index (χ0) is 12.8. The molecule has 3 heteroatoms. The second kappa shape index (κ2) is 3.95. The molecule has 18 heavy (non-hydrogen) atoms. The van der Waals surface area contributed by atoms with E-state index in [0.717, 1.165) is 17.6 Å². The number of carbonyl (C=O) groups is 1. The fourth-order valence-electron chi connectivity index (χ4n) is 3.28. The van der Waals surface area contributed by atoms with Crippen LogP contribution in [0.4, 0.5) is 0 Å². The number of cyclic esters (lactones) is 1. The molecule has 1 aliphatic carbocycles. The highest BCUT2D eigenvalue weighted by molar-refractivity contribution is 5.81. The van der Waals surface area contributed by atoms with Gasteiger partial charge >= 0.3 is 5.97 Å². The first kappa shape index (κ1) is 11.5. The van der Waals surface area contributed by atoms with Crippen LogP contribution in [0, 0.1) is 11.3 Å². The van der Waals surface area contributed by atoms with Gasteiger partial charge in [0.05, 0.1) is 12.7 Å². The summed E-state index contributed by atoms with van der Waals surface area (Å²) in [6, 6.07) is 9.33. The summed E-state index contributed by atoms with van der Waals surface area (Å²) in [4.78, 5) is 12.1. The topological polar surface area (TPSA) is 46.5 Å². The van der Waals surface area contributed by atoms with E-state index in [1.165, 1.54) is 0 Å². The zero-order valence-corrected chi connectivity index (χ0v) is 10.1. The number of aliphatic hydroxyl groups excluding tert-OH is 1. The van der Waals surface area contributed by atoms with Crippen LogP contribution in [-0.4, -0.2) is 17.7 Å². The van der Waals surface area contributed by atoms with Crippen molar-refractivity contribution in [3.63, 3.8) is 0 Å². The maximum atomic E-state index is 12.1. The van der Waals surface area contributed by atoms with E-state index >= 15 is 0 Å². The number of hydrogen-bond acceptors (Lipinski definition) is 3. The number of carbonyl (C=O) groups excluding carboxylic acids is 1. The number of fused-ring (bicyclic) bond motifs is 1. The van der Waals surface area contributed by atoms with Crippen LogP contribution in [0.5, 0.6) is 0 Å². The lowest BCUT2D eigenvalue weighted by Gasteiger charge is -2.30. The molecule has 0 spiro atoms. The van der Waals surface area contributed by atoms with Crippen LogP contribution in [-0.2, 0) is 9.53 Å². The van der Waals surface area contributed by atoms with Crippen LogP contribution in [0.3, 0.4) is 0 Å². The quantitative estimate of drug-likeness (QED) is 0.641. The summed E-state index contributed by atoms with van der Waals surface area (Å²) in [6.07, 6.45) is 0.500. The summed E-state index contributed by atoms with van der Waals surface area (Å²) < 4.78 is 5.17. The number of ether oxygens (including phenoxy) is 1. The maximum Gasteiger partial charge on any atom is 0.315 e. The number of hydrogen-bond donors (Lipinski definition) is 1. The molecular formula is C15H16O3. The Morgan fingerprint density at radius 2 is 2.11 bits per heavy atom. The van der Waals surface area contributed by atoms with Gasteiger partial charge in [0.25, 0.3) is 0 Å². The summed E-state index contributed by atoms with van der Waals surface area (Å²) >= 11 is 0. The lowest BCUT2D eigenvalue weighted by atomic mass is 9.73. The zero-order valence-electron chi connectivity index (χ0n) is 10.1. The Bertz CT molecular complexity index is 494. The van der Waals surface area contributed by atoms with E-state index in [4.69, 9.17) is 4.74 Å². The molecule has 0 aromatic heterocycles. The van der Waals surface area contributed by atoms with E-state index in [2.05, 4.69) is 6.58 Å². The largest absolute Gasteiger partial charge is 0.465 e. The second-order valence-corrected chi connectivity index (χ2v) is 5.28. The third-order valence-electron chi connectivity index (χ3n) is 4.20. The number of benzene rings is 1. The van der Waals surface area contributed by atoms with Crippen molar-refractivity contribution in [2.45, 2.75) is 18.9 Å². The van der Waals surface area contributed by atoms with Crippen LogP contribution in [0.25, 0.3) is 0 Å². The highest BCUT2D eigenvalue weighted by Gasteiger charge is 2.60. The van der Waals surface area contributed by atoms with Gasteiger partial charge in [-0.15, -0.1) is 0 Å². The van der Waals surface area contributed by atoms with Crippen LogP contribution < -0.4 is 0 Å². The highest BCUT2D eigenvalue weighted by Crippen LogP contribution is 2.57. The molecule has 3 nitrogen and oxygen atoms in total. The first-order valence-corrected chi connectivity index (χ1v) is 6.21. The Labute approximate surface area is 106 Å². The second-order valence-electron chi connectivity index (χ2n) is 5.28. The van der Waals surface area contributed by atoms with E-state index in [9.17, 15) is 9.90 Å². The monoisotopic (exact) mass is 244 g/mol. The first-order chi connectivity index (χ1) is 8.64. The van der Waals surface area contributed by atoms with Crippen LogP contribution in [0.2, 0.25) is 0 Å². The average Bonchev–Trinajstić information content (AvgIpc) is 2.87. The molecule has 0 bridgehead atoms. The molecule has 0 amide bonds. The van der Waals surface area contributed by atoms with Crippen molar-refractivity contribution in [2.75, 3.05) is 6.61 Å². The first-order valence-electron chi connectivity index (χ1n) is 6.21. The molecule has 94 valence electrons. The van der Waals surface area contributed by atoms with Gasteiger partial charge in [-0.3, -0.25) is 4.79 Å². The normalized spacial score (nSPS) is 32.2. The van der Waals surface area contributed by atoms with Crippen LogP contribution in [0.1, 0.15) is 24.5 Å². The average molecular weight is 244 g/mol. The van der Waals surface area contributed by atoms with Gasteiger partial charge in [-0.1, -0.05) is 42.5 Å². The van der Waals surface area contributed by atoms with Crippen molar-refractivity contribution in [3.05, 3.63) is 48.0 Å². The Morgan fingerprint density at radius 1 is 1.39 bits per heavy atom. The van der Waals surface area contributed by atoms with Crippen molar-refractivity contribution in [2.24, 2.45) is 11.3 Å². The minimum absolute atomic E-state index is 0.0627. The minimum Gasteiger partial charge on any atom is -0.465 e. The Kier molecular flexibility index (Phi) is 2.52. The SMILES string of the molecule is C=C1CC2COC(=O)C2(C(O)c2ccccc2)C1.